The predicted octanol–water partition coefficient (Wildman–Crippen LogP) is 4.03. The van der Waals surface area contributed by atoms with Crippen LogP contribution in [0, 0.1) is 24.3 Å². The van der Waals surface area contributed by atoms with Gasteiger partial charge in [0.1, 0.15) is 10.9 Å². The summed E-state index contributed by atoms with van der Waals surface area (Å²) in [6, 6.07) is 3.72. The Balaban J connectivity index is 2.63. The fourth-order valence-corrected chi connectivity index (χ4v) is 2.20. The number of halogens is 2. The van der Waals surface area contributed by atoms with Crippen LogP contribution in [0.15, 0.2) is 12.1 Å². The molecule has 0 saturated carbocycles. The highest BCUT2D eigenvalue weighted by Gasteiger charge is 2.11. The van der Waals surface area contributed by atoms with Crippen LogP contribution in [0.2, 0.25) is 5.15 Å². The molecule has 0 aliphatic carbocycles. The number of benzene rings is 1. The maximum Gasteiger partial charge on any atom is 0.161 e. The molecule has 3 nitrogen and oxygen atoms in total. The van der Waals surface area contributed by atoms with Crippen molar-refractivity contribution < 1.29 is 5.11 Å². The zero-order valence-corrected chi connectivity index (χ0v) is 13.2. The van der Waals surface area contributed by atoms with E-state index in [4.69, 9.17) is 11.6 Å². The van der Waals surface area contributed by atoms with E-state index in [1.165, 1.54) is 0 Å². The van der Waals surface area contributed by atoms with Crippen molar-refractivity contribution >= 4 is 34.2 Å². The van der Waals surface area contributed by atoms with E-state index in [-0.39, 0.29) is 0 Å². The highest BCUT2D eigenvalue weighted by Crippen LogP contribution is 2.29. The van der Waals surface area contributed by atoms with Crippen LogP contribution in [-0.4, -0.2) is 15.1 Å². The van der Waals surface area contributed by atoms with Gasteiger partial charge in [-0.05, 0) is 66.6 Å². The first-order valence-electron chi connectivity index (χ1n) is 5.40. The molecular weight excluding hydrogens is 363 g/mol. The number of rotatable bonds is 1. The van der Waals surface area contributed by atoms with E-state index in [1.807, 2.05) is 32.9 Å². The Kier molecular flexibility index (Phi) is 3.77. The first-order chi connectivity index (χ1) is 8.40. The van der Waals surface area contributed by atoms with Gasteiger partial charge in [0, 0.05) is 5.56 Å². The Morgan fingerprint density at radius 2 is 1.67 bits per heavy atom. The molecule has 5 heteroatoms. The van der Waals surface area contributed by atoms with E-state index in [1.54, 1.807) is 0 Å². The van der Waals surface area contributed by atoms with Crippen LogP contribution in [0.25, 0.3) is 11.4 Å². The van der Waals surface area contributed by atoms with Gasteiger partial charge in [-0.2, -0.15) is 0 Å². The fourth-order valence-electron chi connectivity index (χ4n) is 1.74. The minimum Gasteiger partial charge on any atom is -0.507 e. The van der Waals surface area contributed by atoms with Gasteiger partial charge in [0.05, 0.1) is 9.26 Å². The summed E-state index contributed by atoms with van der Waals surface area (Å²) < 4.78 is 0.866. The van der Waals surface area contributed by atoms with Gasteiger partial charge in [-0.1, -0.05) is 11.6 Å². The van der Waals surface area contributed by atoms with E-state index in [2.05, 4.69) is 32.6 Å². The number of phenols is 1. The molecule has 0 unspecified atom stereocenters. The van der Waals surface area contributed by atoms with Crippen LogP contribution in [0.5, 0.6) is 5.75 Å². The second-order valence-electron chi connectivity index (χ2n) is 4.20. The summed E-state index contributed by atoms with van der Waals surface area (Å²) in [5, 5.41) is 10.2. The summed E-state index contributed by atoms with van der Waals surface area (Å²) in [7, 11) is 0. The maximum atomic E-state index is 9.76. The first-order valence-corrected chi connectivity index (χ1v) is 6.86. The van der Waals surface area contributed by atoms with Crippen LogP contribution in [0.1, 0.15) is 16.8 Å². The number of aromatic nitrogens is 2. The molecule has 94 valence electrons. The standard InChI is InChI=1S/C13H12ClIN2O/c1-6-4-9(5-7(2)11(6)18)13-16-8(3)10(15)12(14)17-13/h4-5,18H,1-3H3. The number of aromatic hydroxyl groups is 1. The second-order valence-corrected chi connectivity index (χ2v) is 5.63. The highest BCUT2D eigenvalue weighted by molar-refractivity contribution is 14.1. The molecule has 0 spiro atoms. The summed E-state index contributed by atoms with van der Waals surface area (Å²) in [5.41, 5.74) is 3.33. The van der Waals surface area contributed by atoms with Crippen molar-refractivity contribution in [3.63, 3.8) is 0 Å². The van der Waals surface area contributed by atoms with E-state index in [9.17, 15) is 5.11 Å². The summed E-state index contributed by atoms with van der Waals surface area (Å²) >= 11 is 8.20. The fraction of sp³-hybridized carbons (Fsp3) is 0.231. The Bertz CT molecular complexity index is 527. The Labute approximate surface area is 124 Å². The van der Waals surface area contributed by atoms with Gasteiger partial charge in [0.15, 0.2) is 5.82 Å². The van der Waals surface area contributed by atoms with Gasteiger partial charge in [0.25, 0.3) is 0 Å². The number of phenolic OH excluding ortho intramolecular Hbond substituents is 1. The molecule has 18 heavy (non-hydrogen) atoms. The van der Waals surface area contributed by atoms with E-state index in [0.717, 1.165) is 26.0 Å². The number of hydrogen-bond acceptors (Lipinski definition) is 3. The molecule has 0 saturated heterocycles. The van der Waals surface area contributed by atoms with E-state index < -0.39 is 0 Å². The molecule has 0 radical (unpaired) electrons. The second kappa shape index (κ2) is 5.01. The van der Waals surface area contributed by atoms with Gasteiger partial charge in [0.2, 0.25) is 0 Å². The van der Waals surface area contributed by atoms with Crippen LogP contribution >= 0.6 is 34.2 Å². The molecule has 0 atom stereocenters. The molecule has 0 bridgehead atoms. The lowest BCUT2D eigenvalue weighted by Gasteiger charge is -2.09. The molecule has 0 aliphatic heterocycles. The minimum atomic E-state index is 0.312. The smallest absolute Gasteiger partial charge is 0.161 e. The molecule has 0 amide bonds. The highest BCUT2D eigenvalue weighted by atomic mass is 127. The first kappa shape index (κ1) is 13.5. The zero-order chi connectivity index (χ0) is 13.4. The molecule has 1 heterocycles. The van der Waals surface area contributed by atoms with Crippen LogP contribution in [0.4, 0.5) is 0 Å². The Morgan fingerprint density at radius 3 is 2.17 bits per heavy atom. The third kappa shape index (κ3) is 2.44. The Hall–Kier alpha value is -0.880. The van der Waals surface area contributed by atoms with Crippen molar-refractivity contribution in [2.75, 3.05) is 0 Å². The summed E-state index contributed by atoms with van der Waals surface area (Å²) in [4.78, 5) is 8.71. The lowest BCUT2D eigenvalue weighted by atomic mass is 10.1. The molecule has 1 aromatic heterocycles. The van der Waals surface area contributed by atoms with Crippen molar-refractivity contribution in [3.8, 4) is 17.1 Å². The van der Waals surface area contributed by atoms with E-state index >= 15 is 0 Å². The molecule has 2 aromatic rings. The lowest BCUT2D eigenvalue weighted by Crippen LogP contribution is -1.97. The summed E-state index contributed by atoms with van der Waals surface area (Å²) in [5.74, 6) is 0.899. The molecule has 1 N–H and O–H groups in total. The maximum absolute atomic E-state index is 9.76. The lowest BCUT2D eigenvalue weighted by molar-refractivity contribution is 0.467. The Morgan fingerprint density at radius 1 is 1.11 bits per heavy atom. The molecule has 1 aromatic carbocycles. The van der Waals surface area contributed by atoms with Crippen molar-refractivity contribution in [2.24, 2.45) is 0 Å². The van der Waals surface area contributed by atoms with Crippen LogP contribution in [-0.2, 0) is 0 Å². The third-order valence-electron chi connectivity index (χ3n) is 2.73. The average molecular weight is 375 g/mol. The molecule has 2 rings (SSSR count). The van der Waals surface area contributed by atoms with Gasteiger partial charge >= 0.3 is 0 Å². The van der Waals surface area contributed by atoms with Gasteiger partial charge in [-0.3, -0.25) is 0 Å². The molecule has 0 fully saturated rings. The van der Waals surface area contributed by atoms with Crippen molar-refractivity contribution in [1.82, 2.24) is 9.97 Å². The summed E-state index contributed by atoms with van der Waals surface area (Å²) in [6.45, 7) is 5.61. The average Bonchev–Trinajstić information content (AvgIpc) is 2.31. The number of nitrogens with zero attached hydrogens (tertiary/aromatic N) is 2. The minimum absolute atomic E-state index is 0.312. The van der Waals surface area contributed by atoms with Gasteiger partial charge in [-0.25, -0.2) is 9.97 Å². The zero-order valence-electron chi connectivity index (χ0n) is 10.3. The van der Waals surface area contributed by atoms with Gasteiger partial charge in [-0.15, -0.1) is 0 Å². The van der Waals surface area contributed by atoms with E-state index in [0.29, 0.717) is 16.7 Å². The van der Waals surface area contributed by atoms with Crippen molar-refractivity contribution in [2.45, 2.75) is 20.8 Å². The molecular formula is C13H12ClIN2O. The normalized spacial score (nSPS) is 10.7. The summed E-state index contributed by atoms with van der Waals surface area (Å²) in [6.07, 6.45) is 0. The number of aryl methyl sites for hydroxylation is 3. The topological polar surface area (TPSA) is 46.0 Å². The quantitative estimate of drug-likeness (QED) is 0.605. The van der Waals surface area contributed by atoms with Gasteiger partial charge < -0.3 is 5.11 Å². The molecule has 0 aliphatic rings. The predicted molar refractivity (Wildman–Crippen MR) is 81.1 cm³/mol. The number of hydrogen-bond donors (Lipinski definition) is 1. The SMILES string of the molecule is Cc1cc(-c2nc(C)c(I)c(Cl)n2)cc(C)c1O. The monoisotopic (exact) mass is 374 g/mol. The van der Waals surface area contributed by atoms with Crippen molar-refractivity contribution in [1.29, 1.82) is 0 Å². The van der Waals surface area contributed by atoms with Crippen LogP contribution < -0.4 is 0 Å². The third-order valence-corrected chi connectivity index (χ3v) is 4.61. The van der Waals surface area contributed by atoms with Crippen LogP contribution in [0.3, 0.4) is 0 Å². The van der Waals surface area contributed by atoms with Crippen molar-refractivity contribution in [3.05, 3.63) is 37.7 Å². The largest absolute Gasteiger partial charge is 0.507 e.